The van der Waals surface area contributed by atoms with E-state index in [1.807, 2.05) is 28.8 Å². The van der Waals surface area contributed by atoms with Crippen molar-refractivity contribution in [2.45, 2.75) is 50.5 Å². The number of rotatable bonds is 5. The van der Waals surface area contributed by atoms with Crippen LogP contribution >= 0.6 is 0 Å². The molecule has 1 amide bonds. The molecule has 0 bridgehead atoms. The van der Waals surface area contributed by atoms with E-state index in [0.717, 1.165) is 36.7 Å². The standard InChI is InChI=1S/C18H23N3O3/c22-17(7-10-21-13-20-15-5-1-2-6-16(15)21)19-11-14-12-23-18(24-14)8-3-4-9-18/h1-2,5-6,13-14H,3-4,7-12H2,(H,19,22)/t14-/m0/s1. The maximum Gasteiger partial charge on any atom is 0.221 e. The van der Waals surface area contributed by atoms with Gasteiger partial charge in [-0.25, -0.2) is 4.98 Å². The highest BCUT2D eigenvalue weighted by Gasteiger charge is 2.43. The Hall–Kier alpha value is -1.92. The third-order valence-electron chi connectivity index (χ3n) is 4.91. The van der Waals surface area contributed by atoms with E-state index in [1.54, 1.807) is 6.33 Å². The smallest absolute Gasteiger partial charge is 0.221 e. The van der Waals surface area contributed by atoms with Crippen molar-refractivity contribution in [3.63, 3.8) is 0 Å². The van der Waals surface area contributed by atoms with Gasteiger partial charge < -0.3 is 19.4 Å². The Morgan fingerprint density at radius 1 is 1.33 bits per heavy atom. The Morgan fingerprint density at radius 3 is 3.04 bits per heavy atom. The number of ether oxygens (including phenoxy) is 2. The quantitative estimate of drug-likeness (QED) is 0.913. The molecule has 1 aliphatic heterocycles. The van der Waals surface area contributed by atoms with Crippen molar-refractivity contribution in [2.75, 3.05) is 13.2 Å². The van der Waals surface area contributed by atoms with Crippen LogP contribution in [0.25, 0.3) is 11.0 Å². The Balaban J connectivity index is 1.24. The predicted molar refractivity (Wildman–Crippen MR) is 89.4 cm³/mol. The average Bonchev–Trinajstić information content (AvgIpc) is 3.33. The number of benzene rings is 1. The van der Waals surface area contributed by atoms with Crippen molar-refractivity contribution in [3.05, 3.63) is 30.6 Å². The summed E-state index contributed by atoms with van der Waals surface area (Å²) < 4.78 is 13.9. The third kappa shape index (κ3) is 3.16. The molecule has 1 atom stereocenters. The number of para-hydroxylation sites is 2. The van der Waals surface area contributed by atoms with Gasteiger partial charge in [0, 0.05) is 32.4 Å². The van der Waals surface area contributed by atoms with Crippen LogP contribution in [0.15, 0.2) is 30.6 Å². The number of hydrogen-bond donors (Lipinski definition) is 1. The number of amides is 1. The molecule has 24 heavy (non-hydrogen) atoms. The van der Waals surface area contributed by atoms with Gasteiger partial charge in [0.1, 0.15) is 6.10 Å². The van der Waals surface area contributed by atoms with Crippen LogP contribution in [-0.2, 0) is 20.8 Å². The maximum atomic E-state index is 12.1. The van der Waals surface area contributed by atoms with Crippen LogP contribution in [-0.4, -0.2) is 40.5 Å². The summed E-state index contributed by atoms with van der Waals surface area (Å²) in [6.45, 7) is 1.72. The molecule has 1 spiro atoms. The first-order valence-corrected chi connectivity index (χ1v) is 8.72. The van der Waals surface area contributed by atoms with Gasteiger partial charge in [-0.1, -0.05) is 12.1 Å². The highest BCUT2D eigenvalue weighted by atomic mass is 16.7. The second-order valence-electron chi connectivity index (χ2n) is 6.65. The Labute approximate surface area is 141 Å². The van der Waals surface area contributed by atoms with E-state index in [9.17, 15) is 4.79 Å². The SMILES string of the molecule is O=C(CCn1cnc2ccccc21)NC[C@H]1COC2(CCCC2)O1. The minimum Gasteiger partial charge on any atom is -0.353 e. The lowest BCUT2D eigenvalue weighted by molar-refractivity contribution is -0.161. The zero-order chi connectivity index (χ0) is 16.4. The first-order chi connectivity index (χ1) is 11.7. The van der Waals surface area contributed by atoms with E-state index in [1.165, 1.54) is 0 Å². The minimum atomic E-state index is -0.356. The molecule has 1 saturated heterocycles. The molecular weight excluding hydrogens is 306 g/mol. The summed E-state index contributed by atoms with van der Waals surface area (Å²) in [5.74, 6) is -0.325. The van der Waals surface area contributed by atoms with E-state index in [2.05, 4.69) is 10.3 Å². The summed E-state index contributed by atoms with van der Waals surface area (Å²) >= 11 is 0. The number of imidazole rings is 1. The maximum absolute atomic E-state index is 12.1. The Morgan fingerprint density at radius 2 is 2.17 bits per heavy atom. The molecule has 2 aromatic rings. The third-order valence-corrected chi connectivity index (χ3v) is 4.91. The first-order valence-electron chi connectivity index (χ1n) is 8.72. The number of hydrogen-bond acceptors (Lipinski definition) is 4. The Bertz CT molecular complexity index is 721. The van der Waals surface area contributed by atoms with Crippen molar-refractivity contribution in [1.29, 1.82) is 0 Å². The van der Waals surface area contributed by atoms with Gasteiger partial charge in [-0.3, -0.25) is 4.79 Å². The molecular formula is C18H23N3O3. The molecule has 0 radical (unpaired) electrons. The molecule has 1 aliphatic carbocycles. The molecule has 2 heterocycles. The summed E-state index contributed by atoms with van der Waals surface area (Å²) in [5.41, 5.74) is 2.01. The van der Waals surface area contributed by atoms with Crippen molar-refractivity contribution in [2.24, 2.45) is 0 Å². The van der Waals surface area contributed by atoms with Gasteiger partial charge in [0.05, 0.1) is 24.0 Å². The van der Waals surface area contributed by atoms with Crippen molar-refractivity contribution in [3.8, 4) is 0 Å². The fourth-order valence-corrected chi connectivity index (χ4v) is 3.62. The lowest BCUT2D eigenvalue weighted by Crippen LogP contribution is -2.35. The molecule has 1 N–H and O–H groups in total. The molecule has 0 unspecified atom stereocenters. The lowest BCUT2D eigenvalue weighted by atomic mass is 10.2. The van der Waals surface area contributed by atoms with Crippen LogP contribution in [0.5, 0.6) is 0 Å². The second kappa shape index (κ2) is 6.53. The van der Waals surface area contributed by atoms with E-state index >= 15 is 0 Å². The predicted octanol–water partition coefficient (Wildman–Crippen LogP) is 2.23. The number of aryl methyl sites for hydroxylation is 1. The molecule has 2 fully saturated rings. The van der Waals surface area contributed by atoms with Gasteiger partial charge in [0.15, 0.2) is 5.79 Å². The number of carbonyl (C=O) groups is 1. The van der Waals surface area contributed by atoms with Crippen LogP contribution in [0.2, 0.25) is 0 Å². The monoisotopic (exact) mass is 329 g/mol. The summed E-state index contributed by atoms with van der Waals surface area (Å²) in [6.07, 6.45) is 6.47. The summed E-state index contributed by atoms with van der Waals surface area (Å²) in [7, 11) is 0. The van der Waals surface area contributed by atoms with Crippen molar-refractivity contribution in [1.82, 2.24) is 14.9 Å². The minimum absolute atomic E-state index is 0.0267. The fraction of sp³-hybridized carbons (Fsp3) is 0.556. The van der Waals surface area contributed by atoms with Gasteiger partial charge in [0.25, 0.3) is 0 Å². The fourth-order valence-electron chi connectivity index (χ4n) is 3.62. The van der Waals surface area contributed by atoms with E-state index in [0.29, 0.717) is 26.1 Å². The molecule has 2 aliphatic rings. The number of nitrogens with one attached hydrogen (secondary N) is 1. The Kier molecular flexibility index (Phi) is 4.24. The first kappa shape index (κ1) is 15.6. The van der Waals surface area contributed by atoms with Gasteiger partial charge >= 0.3 is 0 Å². The molecule has 1 aromatic carbocycles. The molecule has 1 saturated carbocycles. The molecule has 128 valence electrons. The van der Waals surface area contributed by atoms with Crippen LogP contribution < -0.4 is 5.32 Å². The zero-order valence-corrected chi connectivity index (χ0v) is 13.7. The molecule has 6 heteroatoms. The van der Waals surface area contributed by atoms with Crippen LogP contribution in [0.1, 0.15) is 32.1 Å². The molecule has 6 nitrogen and oxygen atoms in total. The van der Waals surface area contributed by atoms with Crippen molar-refractivity contribution >= 4 is 16.9 Å². The van der Waals surface area contributed by atoms with Crippen LogP contribution in [0.3, 0.4) is 0 Å². The number of nitrogens with zero attached hydrogens (tertiary/aromatic N) is 2. The summed E-state index contributed by atoms with van der Waals surface area (Å²) in [5, 5.41) is 2.96. The van der Waals surface area contributed by atoms with E-state index in [4.69, 9.17) is 9.47 Å². The highest BCUT2D eigenvalue weighted by molar-refractivity contribution is 5.77. The van der Waals surface area contributed by atoms with Crippen molar-refractivity contribution < 1.29 is 14.3 Å². The number of fused-ring (bicyclic) bond motifs is 1. The zero-order valence-electron chi connectivity index (χ0n) is 13.7. The van der Waals surface area contributed by atoms with Crippen LogP contribution in [0.4, 0.5) is 0 Å². The van der Waals surface area contributed by atoms with Crippen LogP contribution in [0, 0.1) is 0 Å². The van der Waals surface area contributed by atoms with Gasteiger partial charge in [-0.2, -0.15) is 0 Å². The molecule has 1 aromatic heterocycles. The van der Waals surface area contributed by atoms with Gasteiger partial charge in [0.2, 0.25) is 5.91 Å². The number of aromatic nitrogens is 2. The normalized spacial score (nSPS) is 22.4. The summed E-state index contributed by atoms with van der Waals surface area (Å²) in [4.78, 5) is 16.4. The topological polar surface area (TPSA) is 65.4 Å². The highest BCUT2D eigenvalue weighted by Crippen LogP contribution is 2.38. The summed E-state index contributed by atoms with van der Waals surface area (Å²) in [6, 6.07) is 7.94. The largest absolute Gasteiger partial charge is 0.353 e. The van der Waals surface area contributed by atoms with Gasteiger partial charge in [-0.15, -0.1) is 0 Å². The van der Waals surface area contributed by atoms with E-state index < -0.39 is 0 Å². The second-order valence-corrected chi connectivity index (χ2v) is 6.65. The lowest BCUT2D eigenvalue weighted by Gasteiger charge is -2.21. The van der Waals surface area contributed by atoms with Gasteiger partial charge in [-0.05, 0) is 25.0 Å². The number of carbonyl (C=O) groups excluding carboxylic acids is 1. The van der Waals surface area contributed by atoms with E-state index in [-0.39, 0.29) is 17.8 Å². The average molecular weight is 329 g/mol. The molecule has 4 rings (SSSR count).